The fraction of sp³-hybridized carbons (Fsp3) is 0.750. The molecule has 0 radical (unpaired) electrons. The van der Waals surface area contributed by atoms with Crippen LogP contribution < -0.4 is 5.32 Å². The SMILES string of the molecule is CN(Cc1ccc(Cl)s1)CC1(CNC2CC2)CCCC1. The van der Waals surface area contributed by atoms with E-state index in [2.05, 4.69) is 23.3 Å². The summed E-state index contributed by atoms with van der Waals surface area (Å²) < 4.78 is 0.902. The molecule has 1 heterocycles. The van der Waals surface area contributed by atoms with Crippen molar-refractivity contribution in [3.05, 3.63) is 21.3 Å². The normalized spacial score (nSPS) is 21.8. The van der Waals surface area contributed by atoms with Crippen LogP contribution in [0.5, 0.6) is 0 Å². The van der Waals surface area contributed by atoms with Gasteiger partial charge < -0.3 is 10.2 Å². The maximum absolute atomic E-state index is 6.02. The van der Waals surface area contributed by atoms with Gasteiger partial charge in [-0.2, -0.15) is 0 Å². The average Bonchev–Trinajstić information content (AvgIpc) is 3.00. The maximum Gasteiger partial charge on any atom is 0.0931 e. The van der Waals surface area contributed by atoms with E-state index in [0.29, 0.717) is 5.41 Å². The molecule has 0 aliphatic heterocycles. The number of hydrogen-bond acceptors (Lipinski definition) is 3. The molecule has 2 aliphatic rings. The largest absolute Gasteiger partial charge is 0.313 e. The number of hydrogen-bond donors (Lipinski definition) is 1. The standard InChI is InChI=1S/C16H25ClN2S/c1-19(10-14-6-7-15(17)20-14)12-16(8-2-3-9-16)11-18-13-4-5-13/h6-7,13,18H,2-5,8-12H2,1H3. The van der Waals surface area contributed by atoms with Gasteiger partial charge in [0.25, 0.3) is 0 Å². The van der Waals surface area contributed by atoms with E-state index in [1.54, 1.807) is 11.3 Å². The molecule has 0 unspecified atom stereocenters. The molecule has 1 aromatic heterocycles. The predicted octanol–water partition coefficient (Wildman–Crippen LogP) is 4.15. The van der Waals surface area contributed by atoms with Crippen LogP contribution in [0.4, 0.5) is 0 Å². The fourth-order valence-corrected chi connectivity index (χ4v) is 4.66. The summed E-state index contributed by atoms with van der Waals surface area (Å²) in [7, 11) is 2.25. The zero-order chi connectivity index (χ0) is 14.0. The van der Waals surface area contributed by atoms with Crippen molar-refractivity contribution in [3.63, 3.8) is 0 Å². The van der Waals surface area contributed by atoms with Crippen molar-refractivity contribution in [2.75, 3.05) is 20.1 Å². The van der Waals surface area contributed by atoms with E-state index in [1.807, 2.05) is 6.07 Å². The molecule has 0 amide bonds. The van der Waals surface area contributed by atoms with Crippen LogP contribution in [0.1, 0.15) is 43.4 Å². The number of thiophene rings is 1. The lowest BCUT2D eigenvalue weighted by molar-refractivity contribution is 0.168. The Labute approximate surface area is 131 Å². The molecule has 2 saturated carbocycles. The Morgan fingerprint density at radius 1 is 1.35 bits per heavy atom. The zero-order valence-corrected chi connectivity index (χ0v) is 13.9. The van der Waals surface area contributed by atoms with Gasteiger partial charge in [-0.15, -0.1) is 11.3 Å². The minimum Gasteiger partial charge on any atom is -0.313 e. The van der Waals surface area contributed by atoms with Crippen LogP contribution in [0.25, 0.3) is 0 Å². The smallest absolute Gasteiger partial charge is 0.0931 e. The Balaban J connectivity index is 1.54. The first-order valence-electron chi connectivity index (χ1n) is 7.81. The van der Waals surface area contributed by atoms with Crippen LogP contribution in [0.2, 0.25) is 4.34 Å². The van der Waals surface area contributed by atoms with Crippen LogP contribution in [-0.2, 0) is 6.54 Å². The zero-order valence-electron chi connectivity index (χ0n) is 12.3. The molecule has 1 N–H and O–H groups in total. The lowest BCUT2D eigenvalue weighted by Gasteiger charge is -2.34. The molecule has 1 aromatic rings. The first-order chi connectivity index (χ1) is 9.65. The Morgan fingerprint density at radius 2 is 2.10 bits per heavy atom. The van der Waals surface area contributed by atoms with Gasteiger partial charge in [-0.1, -0.05) is 24.4 Å². The average molecular weight is 313 g/mol. The minimum atomic E-state index is 0.512. The highest BCUT2D eigenvalue weighted by molar-refractivity contribution is 7.16. The van der Waals surface area contributed by atoms with E-state index in [1.165, 1.54) is 56.5 Å². The number of nitrogens with one attached hydrogen (secondary N) is 1. The van der Waals surface area contributed by atoms with E-state index in [0.717, 1.165) is 16.9 Å². The maximum atomic E-state index is 6.02. The Kier molecular flexibility index (Phi) is 4.71. The summed E-state index contributed by atoms with van der Waals surface area (Å²) in [6, 6.07) is 5.00. The summed E-state index contributed by atoms with van der Waals surface area (Å²) in [5, 5.41) is 3.77. The first kappa shape index (κ1) is 14.8. The quantitative estimate of drug-likeness (QED) is 0.814. The van der Waals surface area contributed by atoms with Crippen LogP contribution in [0.15, 0.2) is 12.1 Å². The molecule has 0 bridgehead atoms. The van der Waals surface area contributed by atoms with Gasteiger partial charge in [0.2, 0.25) is 0 Å². The summed E-state index contributed by atoms with van der Waals surface area (Å²) in [4.78, 5) is 3.86. The van der Waals surface area contributed by atoms with Gasteiger partial charge >= 0.3 is 0 Å². The van der Waals surface area contributed by atoms with Crippen LogP contribution in [-0.4, -0.2) is 31.1 Å². The summed E-state index contributed by atoms with van der Waals surface area (Å²) in [6.07, 6.45) is 8.37. The van der Waals surface area contributed by atoms with Crippen molar-refractivity contribution >= 4 is 22.9 Å². The fourth-order valence-electron chi connectivity index (χ4n) is 3.50. The lowest BCUT2D eigenvalue weighted by atomic mass is 9.85. The van der Waals surface area contributed by atoms with Crippen molar-refractivity contribution < 1.29 is 0 Å². The van der Waals surface area contributed by atoms with Crippen molar-refractivity contribution in [2.24, 2.45) is 5.41 Å². The van der Waals surface area contributed by atoms with Gasteiger partial charge in [0.05, 0.1) is 4.34 Å². The third-order valence-electron chi connectivity index (χ3n) is 4.67. The predicted molar refractivity (Wildman–Crippen MR) is 87.6 cm³/mol. The highest BCUT2D eigenvalue weighted by Gasteiger charge is 2.36. The summed E-state index contributed by atoms with van der Waals surface area (Å²) in [6.45, 7) is 3.46. The Morgan fingerprint density at radius 3 is 2.70 bits per heavy atom. The van der Waals surface area contributed by atoms with Crippen LogP contribution in [0.3, 0.4) is 0 Å². The molecule has 4 heteroatoms. The Hall–Kier alpha value is -0.0900. The molecular formula is C16H25ClN2S. The van der Waals surface area contributed by atoms with Gasteiger partial charge in [0, 0.05) is 30.6 Å². The molecular weight excluding hydrogens is 288 g/mol. The number of halogens is 1. The molecule has 0 atom stereocenters. The molecule has 2 aliphatic carbocycles. The van der Waals surface area contributed by atoms with E-state index in [4.69, 9.17) is 11.6 Å². The van der Waals surface area contributed by atoms with E-state index in [-0.39, 0.29) is 0 Å². The van der Waals surface area contributed by atoms with Gasteiger partial charge in [0.15, 0.2) is 0 Å². The minimum absolute atomic E-state index is 0.512. The third-order valence-corrected chi connectivity index (χ3v) is 5.88. The lowest BCUT2D eigenvalue weighted by Crippen LogP contribution is -2.41. The van der Waals surface area contributed by atoms with Crippen molar-refractivity contribution in [2.45, 2.75) is 51.1 Å². The van der Waals surface area contributed by atoms with E-state index < -0.39 is 0 Å². The molecule has 112 valence electrons. The van der Waals surface area contributed by atoms with Crippen molar-refractivity contribution in [1.29, 1.82) is 0 Å². The highest BCUT2D eigenvalue weighted by atomic mass is 35.5. The van der Waals surface area contributed by atoms with Gasteiger partial charge in [-0.25, -0.2) is 0 Å². The van der Waals surface area contributed by atoms with Crippen LogP contribution in [0, 0.1) is 5.41 Å². The van der Waals surface area contributed by atoms with Crippen molar-refractivity contribution in [1.82, 2.24) is 10.2 Å². The molecule has 0 saturated heterocycles. The van der Waals surface area contributed by atoms with Crippen LogP contribution >= 0.6 is 22.9 Å². The summed E-state index contributed by atoms with van der Waals surface area (Å²) in [5.74, 6) is 0. The Bertz CT molecular complexity index is 435. The van der Waals surface area contributed by atoms with Crippen molar-refractivity contribution in [3.8, 4) is 0 Å². The van der Waals surface area contributed by atoms with Gasteiger partial charge in [-0.3, -0.25) is 0 Å². The second kappa shape index (κ2) is 6.35. The molecule has 0 spiro atoms. The summed E-state index contributed by atoms with van der Waals surface area (Å²) in [5.41, 5.74) is 0.512. The molecule has 0 aromatic carbocycles. The molecule has 20 heavy (non-hydrogen) atoms. The number of rotatable bonds is 7. The second-order valence-electron chi connectivity index (χ2n) is 6.74. The van der Waals surface area contributed by atoms with Gasteiger partial charge in [0.1, 0.15) is 0 Å². The molecule has 3 rings (SSSR count). The summed E-state index contributed by atoms with van der Waals surface area (Å²) >= 11 is 7.73. The van der Waals surface area contributed by atoms with Gasteiger partial charge in [-0.05, 0) is 50.3 Å². The van der Waals surface area contributed by atoms with E-state index >= 15 is 0 Å². The molecule has 2 nitrogen and oxygen atoms in total. The third kappa shape index (κ3) is 3.97. The second-order valence-corrected chi connectivity index (χ2v) is 8.54. The first-order valence-corrected chi connectivity index (χ1v) is 9.01. The number of nitrogens with zero attached hydrogens (tertiary/aromatic N) is 1. The molecule has 2 fully saturated rings. The monoisotopic (exact) mass is 312 g/mol. The van der Waals surface area contributed by atoms with E-state index in [9.17, 15) is 0 Å². The topological polar surface area (TPSA) is 15.3 Å². The highest BCUT2D eigenvalue weighted by Crippen LogP contribution is 2.39.